The zero-order chi connectivity index (χ0) is 20.8. The van der Waals surface area contributed by atoms with Crippen molar-refractivity contribution in [1.29, 1.82) is 0 Å². The Morgan fingerprint density at radius 2 is 2.00 bits per heavy atom. The second-order valence-electron chi connectivity index (χ2n) is 6.11. The molecule has 2 N–H and O–H groups in total. The Morgan fingerprint density at radius 3 is 2.66 bits per heavy atom. The Labute approximate surface area is 172 Å². The van der Waals surface area contributed by atoms with E-state index in [4.69, 9.17) is 14.6 Å². The Balaban J connectivity index is 1.75. The van der Waals surface area contributed by atoms with E-state index in [-0.39, 0.29) is 5.91 Å². The minimum Gasteiger partial charge on any atom is -0.497 e. The van der Waals surface area contributed by atoms with Gasteiger partial charge in [-0.3, -0.25) is 4.79 Å². The van der Waals surface area contributed by atoms with Crippen LogP contribution in [0.5, 0.6) is 11.5 Å². The van der Waals surface area contributed by atoms with Crippen molar-refractivity contribution < 1.29 is 24.2 Å². The van der Waals surface area contributed by atoms with Gasteiger partial charge in [-0.25, -0.2) is 9.79 Å². The molecule has 1 aliphatic heterocycles. The van der Waals surface area contributed by atoms with Gasteiger partial charge in [0.25, 0.3) is 5.91 Å². The molecule has 1 fully saturated rings. The van der Waals surface area contributed by atoms with Crippen molar-refractivity contribution in [3.05, 3.63) is 59.0 Å². The number of nitrogens with one attached hydrogen (secondary N) is 1. The fourth-order valence-electron chi connectivity index (χ4n) is 2.56. The maximum absolute atomic E-state index is 12.3. The van der Waals surface area contributed by atoms with Gasteiger partial charge in [0, 0.05) is 0 Å². The van der Waals surface area contributed by atoms with Crippen LogP contribution < -0.4 is 14.8 Å². The predicted molar refractivity (Wildman–Crippen MR) is 113 cm³/mol. The molecule has 0 spiro atoms. The van der Waals surface area contributed by atoms with E-state index >= 15 is 0 Å². The van der Waals surface area contributed by atoms with Crippen molar-refractivity contribution in [2.75, 3.05) is 7.11 Å². The third-order valence-electron chi connectivity index (χ3n) is 4.03. The third kappa shape index (κ3) is 5.39. The molecule has 1 aliphatic rings. The van der Waals surface area contributed by atoms with Crippen LogP contribution in [0.3, 0.4) is 0 Å². The smallest absolute Gasteiger partial charge is 0.344 e. The molecule has 0 aromatic heterocycles. The minimum atomic E-state index is -1.01. The maximum atomic E-state index is 12.3. The molecule has 1 unspecified atom stereocenters. The van der Waals surface area contributed by atoms with Gasteiger partial charge in [-0.2, -0.15) is 0 Å². The highest BCUT2D eigenvalue weighted by Gasteiger charge is 2.24. The summed E-state index contributed by atoms with van der Waals surface area (Å²) in [5, 5.41) is 12.4. The number of aliphatic carboxylic acids is 1. The number of carbonyl (C=O) groups excluding carboxylic acids is 1. The lowest BCUT2D eigenvalue weighted by Crippen LogP contribution is -2.25. The van der Waals surface area contributed by atoms with Crippen molar-refractivity contribution in [1.82, 2.24) is 5.32 Å². The number of ether oxygens (including phenoxy) is 2. The summed E-state index contributed by atoms with van der Waals surface area (Å²) >= 11 is 1.23. The topological polar surface area (TPSA) is 97.2 Å². The van der Waals surface area contributed by atoms with Crippen LogP contribution in [0, 0.1) is 0 Å². The molecule has 29 heavy (non-hydrogen) atoms. The molecule has 1 saturated heterocycles. The lowest BCUT2D eigenvalue weighted by atomic mass is 10.2. The normalized spacial score (nSPS) is 17.2. The van der Waals surface area contributed by atoms with Gasteiger partial charge in [-0.05, 0) is 66.2 Å². The summed E-state index contributed by atoms with van der Waals surface area (Å²) in [6.07, 6.45) is 1.15. The van der Waals surface area contributed by atoms with E-state index in [1.807, 2.05) is 6.07 Å². The molecule has 0 aliphatic carbocycles. The zero-order valence-electron chi connectivity index (χ0n) is 15.9. The molecule has 1 amide bonds. The summed E-state index contributed by atoms with van der Waals surface area (Å²) < 4.78 is 10.6. The van der Waals surface area contributed by atoms with Crippen LogP contribution in [-0.2, 0) is 9.59 Å². The number of hydrogen-bond donors (Lipinski definition) is 2. The number of hydrogen-bond acceptors (Lipinski definition) is 6. The molecular weight excluding hydrogens is 392 g/mol. The Hall–Kier alpha value is -3.26. The molecule has 2 aromatic carbocycles. The maximum Gasteiger partial charge on any atom is 0.344 e. The molecule has 0 radical (unpaired) electrons. The standard InChI is InChI=1S/C21H20N2O5S/c1-3-17(20(25)26)28-16-6-4-5-13(11-16)12-18-19(24)23-21(29-18)22-14-7-9-15(27-2)10-8-14/h4-12,17H,3H2,1-2H3,(H,25,26)(H,22,23,24)/b18-12+. The van der Waals surface area contributed by atoms with Gasteiger partial charge in [0.15, 0.2) is 11.3 Å². The highest BCUT2D eigenvalue weighted by molar-refractivity contribution is 8.18. The molecule has 150 valence electrons. The second-order valence-corrected chi connectivity index (χ2v) is 7.14. The number of amides is 1. The second kappa shape index (κ2) is 9.29. The third-order valence-corrected chi connectivity index (χ3v) is 4.94. The fourth-order valence-corrected chi connectivity index (χ4v) is 3.40. The molecule has 0 bridgehead atoms. The largest absolute Gasteiger partial charge is 0.497 e. The highest BCUT2D eigenvalue weighted by atomic mass is 32.2. The van der Waals surface area contributed by atoms with Crippen molar-refractivity contribution in [2.24, 2.45) is 4.99 Å². The molecule has 2 aromatic rings. The minimum absolute atomic E-state index is 0.245. The first-order valence-electron chi connectivity index (χ1n) is 8.91. The van der Waals surface area contributed by atoms with E-state index in [0.717, 1.165) is 11.3 Å². The van der Waals surface area contributed by atoms with E-state index in [1.165, 1.54) is 11.8 Å². The highest BCUT2D eigenvalue weighted by Crippen LogP contribution is 2.29. The molecule has 3 rings (SSSR count). The predicted octanol–water partition coefficient (Wildman–Crippen LogP) is 3.83. The number of benzene rings is 2. The molecule has 0 saturated carbocycles. The first-order valence-corrected chi connectivity index (χ1v) is 9.73. The number of aliphatic imine (C=N–C) groups is 1. The number of carboxylic acids is 1. The first-order chi connectivity index (χ1) is 14.0. The van der Waals surface area contributed by atoms with E-state index in [1.54, 1.807) is 62.6 Å². The van der Waals surface area contributed by atoms with Gasteiger partial charge >= 0.3 is 5.97 Å². The Kier molecular flexibility index (Phi) is 6.56. The van der Waals surface area contributed by atoms with Crippen LogP contribution in [-0.4, -0.2) is 35.4 Å². The summed E-state index contributed by atoms with van der Waals surface area (Å²) in [5.74, 6) is -0.0935. The summed E-state index contributed by atoms with van der Waals surface area (Å²) in [4.78, 5) is 28.3. The molecular formula is C21H20N2O5S. The fraction of sp³-hybridized carbons (Fsp3) is 0.190. The lowest BCUT2D eigenvalue weighted by Gasteiger charge is -2.13. The molecule has 7 nitrogen and oxygen atoms in total. The number of carbonyl (C=O) groups is 2. The number of nitrogens with zero attached hydrogens (tertiary/aromatic N) is 1. The SMILES string of the molecule is CCC(Oc1cccc(/C=C2/SC(=Nc3ccc(OC)cc3)NC2=O)c1)C(=O)O. The van der Waals surface area contributed by atoms with Gasteiger partial charge in [-0.1, -0.05) is 19.1 Å². The van der Waals surface area contributed by atoms with Crippen LogP contribution in [0.1, 0.15) is 18.9 Å². The summed E-state index contributed by atoms with van der Waals surface area (Å²) in [5.41, 5.74) is 1.43. The summed E-state index contributed by atoms with van der Waals surface area (Å²) in [7, 11) is 1.59. The average molecular weight is 412 g/mol. The summed E-state index contributed by atoms with van der Waals surface area (Å²) in [6, 6.07) is 14.1. The van der Waals surface area contributed by atoms with Gasteiger partial charge in [0.1, 0.15) is 11.5 Å². The van der Waals surface area contributed by atoms with E-state index < -0.39 is 12.1 Å². The number of carboxylic acid groups (broad SMARTS) is 1. The Morgan fingerprint density at radius 1 is 1.24 bits per heavy atom. The van der Waals surface area contributed by atoms with Crippen molar-refractivity contribution in [3.8, 4) is 11.5 Å². The van der Waals surface area contributed by atoms with Crippen molar-refractivity contribution in [3.63, 3.8) is 0 Å². The average Bonchev–Trinajstić information content (AvgIpc) is 3.05. The van der Waals surface area contributed by atoms with Gasteiger partial charge in [0.2, 0.25) is 0 Å². The van der Waals surface area contributed by atoms with Crippen LogP contribution >= 0.6 is 11.8 Å². The van der Waals surface area contributed by atoms with Crippen LogP contribution in [0.15, 0.2) is 58.4 Å². The zero-order valence-corrected chi connectivity index (χ0v) is 16.7. The summed E-state index contributed by atoms with van der Waals surface area (Å²) in [6.45, 7) is 1.74. The number of methoxy groups -OCH3 is 1. The van der Waals surface area contributed by atoms with Crippen LogP contribution in [0.25, 0.3) is 6.08 Å². The van der Waals surface area contributed by atoms with Crippen LogP contribution in [0.4, 0.5) is 5.69 Å². The van der Waals surface area contributed by atoms with Crippen LogP contribution in [0.2, 0.25) is 0 Å². The molecule has 8 heteroatoms. The lowest BCUT2D eigenvalue weighted by molar-refractivity contribution is -0.145. The monoisotopic (exact) mass is 412 g/mol. The van der Waals surface area contributed by atoms with Gasteiger partial charge < -0.3 is 19.9 Å². The number of amidine groups is 1. The van der Waals surface area contributed by atoms with Crippen molar-refractivity contribution >= 4 is 40.6 Å². The van der Waals surface area contributed by atoms with Gasteiger partial charge in [0.05, 0.1) is 17.7 Å². The molecule has 1 heterocycles. The van der Waals surface area contributed by atoms with E-state index in [9.17, 15) is 9.59 Å². The number of thioether (sulfide) groups is 1. The number of rotatable bonds is 7. The van der Waals surface area contributed by atoms with Crippen molar-refractivity contribution in [2.45, 2.75) is 19.4 Å². The quantitative estimate of drug-likeness (QED) is 0.671. The van der Waals surface area contributed by atoms with E-state index in [2.05, 4.69) is 10.3 Å². The van der Waals surface area contributed by atoms with E-state index in [0.29, 0.717) is 27.9 Å². The first kappa shape index (κ1) is 20.5. The van der Waals surface area contributed by atoms with Gasteiger partial charge in [-0.15, -0.1) is 0 Å². The Bertz CT molecular complexity index is 969. The molecule has 1 atom stereocenters.